The van der Waals surface area contributed by atoms with Gasteiger partial charge in [-0.3, -0.25) is 0 Å². The number of nitrogens with zero attached hydrogens (tertiary/aromatic N) is 4. The molecular weight excluding hydrogens is 307 g/mol. The third kappa shape index (κ3) is 2.68. The van der Waals surface area contributed by atoms with Crippen molar-refractivity contribution in [2.75, 3.05) is 18.4 Å². The highest BCUT2D eigenvalue weighted by Crippen LogP contribution is 2.28. The Labute approximate surface area is 138 Å². The first-order valence-electron chi connectivity index (χ1n) is 7.82. The van der Waals surface area contributed by atoms with Crippen molar-refractivity contribution < 1.29 is 4.39 Å². The topological polar surface area (TPSA) is 69.2 Å². The molecule has 2 aromatic rings. The summed E-state index contributed by atoms with van der Waals surface area (Å²) in [6.07, 6.45) is 12.7. The Kier molecular flexibility index (Phi) is 3.60. The maximum atomic E-state index is 12.9. The summed E-state index contributed by atoms with van der Waals surface area (Å²) in [7, 11) is 0. The van der Waals surface area contributed by atoms with Crippen LogP contribution in [0, 0.1) is 0 Å². The number of nitrogens with one attached hydrogen (secondary N) is 2. The van der Waals surface area contributed by atoms with Crippen LogP contribution >= 0.6 is 0 Å². The van der Waals surface area contributed by atoms with E-state index < -0.39 is 6.17 Å². The number of allylic oxidation sites excluding steroid dienone is 2. The lowest BCUT2D eigenvalue weighted by molar-refractivity contribution is 0.378. The third-order valence-electron chi connectivity index (χ3n) is 3.90. The molecule has 2 aliphatic rings. The zero-order chi connectivity index (χ0) is 16.5. The molecule has 6 nitrogen and oxygen atoms in total. The zero-order valence-electron chi connectivity index (χ0n) is 13.2. The fourth-order valence-electron chi connectivity index (χ4n) is 2.71. The van der Waals surface area contributed by atoms with E-state index in [9.17, 15) is 4.39 Å². The number of aromatic amines is 1. The number of halogens is 1. The lowest BCUT2D eigenvalue weighted by Crippen LogP contribution is -2.28. The summed E-state index contributed by atoms with van der Waals surface area (Å²) in [5, 5.41) is 3.81. The Morgan fingerprint density at radius 1 is 1.42 bits per heavy atom. The molecule has 4 heterocycles. The number of anilines is 1. The van der Waals surface area contributed by atoms with Gasteiger partial charge < -0.3 is 15.2 Å². The summed E-state index contributed by atoms with van der Waals surface area (Å²) in [6.45, 7) is 2.49. The van der Waals surface area contributed by atoms with E-state index in [1.54, 1.807) is 6.20 Å². The van der Waals surface area contributed by atoms with Gasteiger partial charge in [-0.05, 0) is 25.2 Å². The number of aromatic nitrogens is 3. The molecule has 0 spiro atoms. The molecule has 2 N–H and O–H groups in total. The molecule has 2 aliphatic heterocycles. The molecule has 24 heavy (non-hydrogen) atoms. The van der Waals surface area contributed by atoms with E-state index in [2.05, 4.69) is 36.4 Å². The third-order valence-corrected chi connectivity index (χ3v) is 3.90. The predicted molar refractivity (Wildman–Crippen MR) is 93.3 cm³/mol. The number of fused-ring (bicyclic) bond motifs is 2. The molecule has 0 aromatic carbocycles. The average Bonchev–Trinajstić information content (AvgIpc) is 3.02. The van der Waals surface area contributed by atoms with Gasteiger partial charge in [0, 0.05) is 54.4 Å². The molecule has 0 saturated heterocycles. The number of aliphatic imine (C=N–C) groups is 1. The van der Waals surface area contributed by atoms with Gasteiger partial charge in [0.25, 0.3) is 0 Å². The lowest BCUT2D eigenvalue weighted by Gasteiger charge is -2.25. The van der Waals surface area contributed by atoms with Crippen molar-refractivity contribution in [1.82, 2.24) is 19.9 Å². The van der Waals surface area contributed by atoms with E-state index in [0.29, 0.717) is 5.95 Å². The first kappa shape index (κ1) is 14.6. The van der Waals surface area contributed by atoms with E-state index in [-0.39, 0.29) is 6.54 Å². The first-order valence-corrected chi connectivity index (χ1v) is 7.82. The van der Waals surface area contributed by atoms with E-state index >= 15 is 0 Å². The second kappa shape index (κ2) is 5.92. The minimum Gasteiger partial charge on any atom is -0.351 e. The summed E-state index contributed by atoms with van der Waals surface area (Å²) >= 11 is 0. The molecule has 0 bridgehead atoms. The van der Waals surface area contributed by atoms with Crippen LogP contribution in [0.5, 0.6) is 0 Å². The van der Waals surface area contributed by atoms with Crippen LogP contribution in [-0.4, -0.2) is 44.9 Å². The van der Waals surface area contributed by atoms with Gasteiger partial charge in [-0.15, -0.1) is 0 Å². The molecule has 1 unspecified atom stereocenters. The van der Waals surface area contributed by atoms with Gasteiger partial charge in [-0.2, -0.15) is 4.98 Å². The Hall–Kier alpha value is -2.96. The smallest absolute Gasteiger partial charge is 0.224 e. The van der Waals surface area contributed by atoms with E-state index in [1.165, 1.54) is 6.92 Å². The molecule has 0 fully saturated rings. The minimum absolute atomic E-state index is 0.192. The molecule has 122 valence electrons. The lowest BCUT2D eigenvalue weighted by atomic mass is 10.0. The molecule has 0 saturated carbocycles. The molecule has 2 aromatic heterocycles. The van der Waals surface area contributed by atoms with Crippen molar-refractivity contribution >= 4 is 28.4 Å². The average molecular weight is 324 g/mol. The number of H-pyrrole nitrogens is 1. The SMILES string of the molecule is CC(F)CNc1ncc2c(C3=CN4CC=CN=C4C=C3)c[nH]c2n1. The van der Waals surface area contributed by atoms with Gasteiger partial charge in [0.2, 0.25) is 5.95 Å². The van der Waals surface area contributed by atoms with Gasteiger partial charge in [0.1, 0.15) is 17.7 Å². The van der Waals surface area contributed by atoms with E-state index in [4.69, 9.17) is 0 Å². The van der Waals surface area contributed by atoms with Crippen LogP contribution in [0.15, 0.2) is 48.0 Å². The van der Waals surface area contributed by atoms with Crippen LogP contribution in [-0.2, 0) is 0 Å². The monoisotopic (exact) mass is 324 g/mol. The standard InChI is InChI=1S/C17H17FN6/c1-11(18)7-21-17-22-9-14-13(8-20-16(14)23-17)12-3-4-15-19-5-2-6-24(15)10-12/h2-5,8-11H,6-7H2,1H3,(H2,20,21,22,23). The molecule has 4 rings (SSSR count). The van der Waals surface area contributed by atoms with Crippen LogP contribution in [0.25, 0.3) is 16.6 Å². The number of hydrogen-bond acceptors (Lipinski definition) is 5. The maximum Gasteiger partial charge on any atom is 0.224 e. The van der Waals surface area contributed by atoms with Gasteiger partial charge in [0.15, 0.2) is 0 Å². The normalized spacial score (nSPS) is 17.5. The van der Waals surface area contributed by atoms with E-state index in [0.717, 1.165) is 34.6 Å². The maximum absolute atomic E-state index is 12.9. The summed E-state index contributed by atoms with van der Waals surface area (Å²) in [5.41, 5.74) is 2.82. The van der Waals surface area contributed by atoms with Gasteiger partial charge in [-0.25, -0.2) is 14.4 Å². The van der Waals surface area contributed by atoms with Gasteiger partial charge in [0.05, 0.1) is 0 Å². The Morgan fingerprint density at radius 3 is 3.21 bits per heavy atom. The zero-order valence-corrected chi connectivity index (χ0v) is 13.2. The molecule has 1 atom stereocenters. The molecule has 0 aliphatic carbocycles. The van der Waals surface area contributed by atoms with Crippen molar-refractivity contribution in [3.63, 3.8) is 0 Å². The van der Waals surface area contributed by atoms with Gasteiger partial charge >= 0.3 is 0 Å². The fourth-order valence-corrected chi connectivity index (χ4v) is 2.71. The second-order valence-electron chi connectivity index (χ2n) is 5.76. The Balaban J connectivity index is 1.64. The predicted octanol–water partition coefficient (Wildman–Crippen LogP) is 2.87. The second-order valence-corrected chi connectivity index (χ2v) is 5.76. The summed E-state index contributed by atoms with van der Waals surface area (Å²) in [5.74, 6) is 1.35. The number of alkyl halides is 1. The Morgan fingerprint density at radius 2 is 2.33 bits per heavy atom. The number of hydrogen-bond donors (Lipinski definition) is 2. The van der Waals surface area contributed by atoms with Crippen LogP contribution in [0.4, 0.5) is 10.3 Å². The molecule has 0 radical (unpaired) electrons. The molecule has 7 heteroatoms. The van der Waals surface area contributed by atoms with E-state index in [1.807, 2.05) is 30.6 Å². The van der Waals surface area contributed by atoms with Crippen molar-refractivity contribution in [3.05, 3.63) is 48.6 Å². The van der Waals surface area contributed by atoms with Crippen molar-refractivity contribution in [2.24, 2.45) is 4.99 Å². The van der Waals surface area contributed by atoms with Crippen molar-refractivity contribution in [3.8, 4) is 0 Å². The fraction of sp³-hybridized carbons (Fsp3) is 0.235. The summed E-state index contributed by atoms with van der Waals surface area (Å²) in [6, 6.07) is 0. The highest BCUT2D eigenvalue weighted by molar-refractivity contribution is 6.03. The van der Waals surface area contributed by atoms with Crippen molar-refractivity contribution in [2.45, 2.75) is 13.1 Å². The van der Waals surface area contributed by atoms with Crippen LogP contribution < -0.4 is 5.32 Å². The highest BCUT2D eigenvalue weighted by atomic mass is 19.1. The summed E-state index contributed by atoms with van der Waals surface area (Å²) < 4.78 is 12.9. The molecular formula is C17H17FN6. The molecule has 0 amide bonds. The van der Waals surface area contributed by atoms with Gasteiger partial charge in [-0.1, -0.05) is 0 Å². The minimum atomic E-state index is -0.949. The van der Waals surface area contributed by atoms with Crippen LogP contribution in [0.3, 0.4) is 0 Å². The quantitative estimate of drug-likeness (QED) is 0.907. The number of amidine groups is 1. The first-order chi connectivity index (χ1) is 11.7. The van der Waals surface area contributed by atoms with Crippen LogP contribution in [0.2, 0.25) is 0 Å². The Bertz CT molecular complexity index is 890. The van der Waals surface area contributed by atoms with Crippen molar-refractivity contribution in [1.29, 1.82) is 0 Å². The number of rotatable bonds is 4. The highest BCUT2D eigenvalue weighted by Gasteiger charge is 2.16. The summed E-state index contributed by atoms with van der Waals surface area (Å²) in [4.78, 5) is 18.3. The van der Waals surface area contributed by atoms with Crippen LogP contribution in [0.1, 0.15) is 12.5 Å². The largest absolute Gasteiger partial charge is 0.351 e.